The molecule has 80 valence electrons. The fourth-order valence-electron chi connectivity index (χ4n) is 1.44. The molecule has 0 aliphatic rings. The van der Waals surface area contributed by atoms with Gasteiger partial charge >= 0.3 is 0 Å². The van der Waals surface area contributed by atoms with Crippen molar-refractivity contribution < 1.29 is 0 Å². The molecule has 14 heavy (non-hydrogen) atoms. The second-order valence-electron chi connectivity index (χ2n) is 3.83. The third-order valence-corrected chi connectivity index (χ3v) is 2.42. The molecule has 1 atom stereocenters. The smallest absolute Gasteiger partial charge is 0.000744 e. The van der Waals surface area contributed by atoms with Crippen LogP contribution in [0.1, 0.15) is 39.5 Å². The summed E-state index contributed by atoms with van der Waals surface area (Å²) in [5, 5.41) is 0. The fraction of sp³-hybridized carbons (Fsp3) is 0.538. The maximum atomic E-state index is 5.52. The molecular formula is C13H23N. The first kappa shape index (κ1) is 13.0. The Morgan fingerprint density at radius 2 is 2.14 bits per heavy atom. The molecular weight excluding hydrogens is 170 g/mol. The molecule has 1 unspecified atom stereocenters. The van der Waals surface area contributed by atoms with Crippen molar-refractivity contribution in [3.8, 4) is 0 Å². The van der Waals surface area contributed by atoms with Crippen molar-refractivity contribution in [1.82, 2.24) is 0 Å². The van der Waals surface area contributed by atoms with E-state index >= 15 is 0 Å². The van der Waals surface area contributed by atoms with Crippen LogP contribution in [-0.4, -0.2) is 0 Å². The minimum Gasteiger partial charge on any atom is -0.403 e. The molecule has 0 saturated carbocycles. The maximum absolute atomic E-state index is 5.52. The van der Waals surface area contributed by atoms with Gasteiger partial charge < -0.3 is 5.73 Å². The van der Waals surface area contributed by atoms with Crippen LogP contribution >= 0.6 is 0 Å². The minimum absolute atomic E-state index is 0.660. The molecule has 1 heteroatoms. The second kappa shape index (κ2) is 7.43. The SMILES string of the molecule is C=C/C(C)=C\C(CC)CCCC(=C)N. The lowest BCUT2D eigenvalue weighted by Gasteiger charge is -2.10. The van der Waals surface area contributed by atoms with Crippen LogP contribution in [-0.2, 0) is 0 Å². The lowest BCUT2D eigenvalue weighted by molar-refractivity contribution is 0.542. The number of nitrogens with two attached hydrogens (primary N) is 1. The van der Waals surface area contributed by atoms with Gasteiger partial charge in [-0.2, -0.15) is 0 Å². The van der Waals surface area contributed by atoms with Crippen molar-refractivity contribution >= 4 is 0 Å². The van der Waals surface area contributed by atoms with Crippen molar-refractivity contribution in [3.05, 3.63) is 36.6 Å². The third kappa shape index (κ3) is 6.53. The molecule has 0 heterocycles. The molecule has 0 saturated heterocycles. The minimum atomic E-state index is 0.660. The molecule has 0 aromatic rings. The maximum Gasteiger partial charge on any atom is 0.000744 e. The first-order valence-electron chi connectivity index (χ1n) is 5.34. The monoisotopic (exact) mass is 193 g/mol. The fourth-order valence-corrected chi connectivity index (χ4v) is 1.44. The van der Waals surface area contributed by atoms with Gasteiger partial charge in [-0.05, 0) is 38.5 Å². The number of hydrogen-bond acceptors (Lipinski definition) is 1. The Balaban J connectivity index is 3.91. The van der Waals surface area contributed by atoms with Gasteiger partial charge in [0.25, 0.3) is 0 Å². The average Bonchev–Trinajstić information content (AvgIpc) is 2.15. The number of hydrogen-bond donors (Lipinski definition) is 1. The molecule has 2 N–H and O–H groups in total. The quantitative estimate of drug-likeness (QED) is 0.612. The molecule has 0 fully saturated rings. The highest BCUT2D eigenvalue weighted by Gasteiger charge is 2.02. The predicted octanol–water partition coefficient (Wildman–Crippen LogP) is 3.79. The van der Waals surface area contributed by atoms with Crippen LogP contribution in [0.2, 0.25) is 0 Å². The van der Waals surface area contributed by atoms with Gasteiger partial charge in [-0.1, -0.05) is 37.8 Å². The zero-order chi connectivity index (χ0) is 11.0. The van der Waals surface area contributed by atoms with E-state index in [9.17, 15) is 0 Å². The van der Waals surface area contributed by atoms with Crippen LogP contribution in [0.5, 0.6) is 0 Å². The van der Waals surface area contributed by atoms with E-state index < -0.39 is 0 Å². The standard InChI is InChI=1S/C13H23N/c1-5-11(3)10-13(6-2)9-7-8-12(4)14/h5,10,13H,1,4,6-9,14H2,2-3H3/b11-10-. The Hall–Kier alpha value is -0.980. The molecule has 0 aliphatic heterocycles. The van der Waals surface area contributed by atoms with E-state index in [1.54, 1.807) is 0 Å². The summed E-state index contributed by atoms with van der Waals surface area (Å²) in [5.74, 6) is 0.660. The van der Waals surface area contributed by atoms with Crippen LogP contribution in [0.4, 0.5) is 0 Å². The van der Waals surface area contributed by atoms with Gasteiger partial charge in [0, 0.05) is 5.70 Å². The summed E-state index contributed by atoms with van der Waals surface area (Å²) in [6.07, 6.45) is 8.66. The molecule has 1 nitrogen and oxygen atoms in total. The van der Waals surface area contributed by atoms with Crippen LogP contribution in [0.25, 0.3) is 0 Å². The lowest BCUT2D eigenvalue weighted by Crippen LogP contribution is -1.99. The van der Waals surface area contributed by atoms with Gasteiger partial charge in [0.2, 0.25) is 0 Å². The Kier molecular flexibility index (Phi) is 6.91. The van der Waals surface area contributed by atoms with E-state index in [4.69, 9.17) is 5.73 Å². The summed E-state index contributed by atoms with van der Waals surface area (Å²) in [6.45, 7) is 11.8. The molecule has 0 radical (unpaired) electrons. The van der Waals surface area contributed by atoms with E-state index in [1.165, 1.54) is 18.4 Å². The van der Waals surface area contributed by atoms with Crippen LogP contribution in [0.3, 0.4) is 0 Å². The topological polar surface area (TPSA) is 26.0 Å². The number of rotatable bonds is 7. The Morgan fingerprint density at radius 1 is 1.50 bits per heavy atom. The van der Waals surface area contributed by atoms with Crippen molar-refractivity contribution in [1.29, 1.82) is 0 Å². The molecule has 0 aromatic carbocycles. The number of allylic oxidation sites excluding steroid dienone is 4. The van der Waals surface area contributed by atoms with Crippen molar-refractivity contribution in [3.63, 3.8) is 0 Å². The third-order valence-electron chi connectivity index (χ3n) is 2.42. The van der Waals surface area contributed by atoms with Gasteiger partial charge in [0.05, 0.1) is 0 Å². The highest BCUT2D eigenvalue weighted by atomic mass is 14.5. The molecule has 0 amide bonds. The summed E-state index contributed by atoms with van der Waals surface area (Å²) in [5.41, 5.74) is 7.58. The summed E-state index contributed by atoms with van der Waals surface area (Å²) in [6, 6.07) is 0. The Bertz CT molecular complexity index is 213. The summed E-state index contributed by atoms with van der Waals surface area (Å²) in [7, 11) is 0. The molecule has 0 bridgehead atoms. The van der Waals surface area contributed by atoms with E-state index in [0.29, 0.717) is 5.92 Å². The largest absolute Gasteiger partial charge is 0.403 e. The summed E-state index contributed by atoms with van der Waals surface area (Å²) < 4.78 is 0. The molecule has 0 aliphatic carbocycles. The van der Waals surface area contributed by atoms with E-state index in [2.05, 4.69) is 33.1 Å². The van der Waals surface area contributed by atoms with Crippen LogP contribution < -0.4 is 5.73 Å². The van der Waals surface area contributed by atoms with Crippen LogP contribution in [0, 0.1) is 5.92 Å². The van der Waals surface area contributed by atoms with Gasteiger partial charge in [0.15, 0.2) is 0 Å². The van der Waals surface area contributed by atoms with Gasteiger partial charge in [-0.3, -0.25) is 0 Å². The first-order chi connectivity index (χ1) is 6.60. The molecule has 0 spiro atoms. The zero-order valence-electron chi connectivity index (χ0n) is 9.55. The molecule has 0 aromatic heterocycles. The normalized spacial score (nSPS) is 13.7. The highest BCUT2D eigenvalue weighted by Crippen LogP contribution is 2.17. The van der Waals surface area contributed by atoms with E-state index in [0.717, 1.165) is 18.5 Å². The lowest BCUT2D eigenvalue weighted by atomic mass is 9.96. The van der Waals surface area contributed by atoms with Crippen molar-refractivity contribution in [2.24, 2.45) is 11.7 Å². The van der Waals surface area contributed by atoms with Gasteiger partial charge in [-0.15, -0.1) is 0 Å². The van der Waals surface area contributed by atoms with Crippen molar-refractivity contribution in [2.45, 2.75) is 39.5 Å². The first-order valence-corrected chi connectivity index (χ1v) is 5.34. The predicted molar refractivity (Wildman–Crippen MR) is 64.9 cm³/mol. The highest BCUT2D eigenvalue weighted by molar-refractivity contribution is 5.13. The summed E-state index contributed by atoms with van der Waals surface area (Å²) >= 11 is 0. The molecule has 0 rings (SSSR count). The van der Waals surface area contributed by atoms with E-state index in [1.807, 2.05) is 6.08 Å². The Morgan fingerprint density at radius 3 is 2.57 bits per heavy atom. The van der Waals surface area contributed by atoms with Crippen LogP contribution in [0.15, 0.2) is 36.6 Å². The second-order valence-corrected chi connectivity index (χ2v) is 3.83. The Labute approximate surface area is 88.4 Å². The van der Waals surface area contributed by atoms with Gasteiger partial charge in [-0.25, -0.2) is 0 Å². The van der Waals surface area contributed by atoms with E-state index in [-0.39, 0.29) is 0 Å². The zero-order valence-corrected chi connectivity index (χ0v) is 9.55. The summed E-state index contributed by atoms with van der Waals surface area (Å²) in [4.78, 5) is 0. The van der Waals surface area contributed by atoms with Crippen molar-refractivity contribution in [2.75, 3.05) is 0 Å². The average molecular weight is 193 g/mol. The van der Waals surface area contributed by atoms with Gasteiger partial charge in [0.1, 0.15) is 0 Å².